The normalized spacial score (nSPS) is 12.4. The van der Waals surface area contributed by atoms with Crippen LogP contribution in [0.15, 0.2) is 36.8 Å². The number of rotatable bonds is 5. The van der Waals surface area contributed by atoms with Gasteiger partial charge in [0.1, 0.15) is 6.33 Å². The van der Waals surface area contributed by atoms with Gasteiger partial charge < -0.3 is 4.74 Å². The first-order valence-corrected chi connectivity index (χ1v) is 6.68. The van der Waals surface area contributed by atoms with Crippen molar-refractivity contribution in [1.82, 2.24) is 9.97 Å². The maximum atomic E-state index is 5.37. The molecular formula is C16H20N2O. The number of ether oxygens (including phenoxy) is 1. The molecule has 0 amide bonds. The molecule has 0 aliphatic rings. The zero-order chi connectivity index (χ0) is 13.7. The topological polar surface area (TPSA) is 35.0 Å². The van der Waals surface area contributed by atoms with E-state index in [0.717, 1.165) is 24.1 Å². The van der Waals surface area contributed by atoms with E-state index >= 15 is 0 Å². The van der Waals surface area contributed by atoms with Gasteiger partial charge in [-0.15, -0.1) is 0 Å². The van der Waals surface area contributed by atoms with Crippen LogP contribution in [0.25, 0.3) is 11.3 Å². The summed E-state index contributed by atoms with van der Waals surface area (Å²) in [4.78, 5) is 8.57. The van der Waals surface area contributed by atoms with E-state index in [-0.39, 0.29) is 6.10 Å². The molecule has 1 aromatic carbocycles. The molecule has 0 bridgehead atoms. The largest absolute Gasteiger partial charge is 0.377 e. The Hall–Kier alpha value is -1.74. The van der Waals surface area contributed by atoms with Crippen LogP contribution < -0.4 is 0 Å². The number of hydrogen-bond donors (Lipinski definition) is 0. The molecule has 0 spiro atoms. The minimum absolute atomic E-state index is 0.0939. The molecule has 0 radical (unpaired) electrons. The lowest BCUT2D eigenvalue weighted by atomic mass is 10.0. The Morgan fingerprint density at radius 3 is 2.89 bits per heavy atom. The molecule has 0 fully saturated rings. The Morgan fingerprint density at radius 1 is 1.32 bits per heavy atom. The molecule has 1 atom stereocenters. The van der Waals surface area contributed by atoms with Crippen LogP contribution in [0.3, 0.4) is 0 Å². The number of aryl methyl sites for hydroxylation is 1. The summed E-state index contributed by atoms with van der Waals surface area (Å²) in [5.41, 5.74) is 4.53. The van der Waals surface area contributed by atoms with Gasteiger partial charge in [0, 0.05) is 18.9 Å². The number of nitrogens with zero attached hydrogens (tertiary/aromatic N) is 2. The lowest BCUT2D eigenvalue weighted by Crippen LogP contribution is -1.98. The van der Waals surface area contributed by atoms with E-state index in [1.807, 2.05) is 13.1 Å². The second-order valence-electron chi connectivity index (χ2n) is 4.65. The van der Waals surface area contributed by atoms with Crippen LogP contribution in [0.1, 0.15) is 37.5 Å². The molecule has 100 valence electrons. The van der Waals surface area contributed by atoms with Crippen molar-refractivity contribution < 1.29 is 4.74 Å². The van der Waals surface area contributed by atoms with E-state index in [1.54, 1.807) is 13.4 Å². The predicted molar refractivity (Wildman–Crippen MR) is 76.9 cm³/mol. The van der Waals surface area contributed by atoms with Crippen LogP contribution in [-0.4, -0.2) is 17.1 Å². The summed E-state index contributed by atoms with van der Waals surface area (Å²) in [6.07, 6.45) is 5.71. The number of methoxy groups -OCH3 is 1. The van der Waals surface area contributed by atoms with Crippen LogP contribution in [0, 0.1) is 0 Å². The standard InChI is InChI=1S/C16H20N2O/c1-4-6-15-10-17-11-18-16(15)14-8-5-7-13(9-14)12(2)19-3/h5,7-12H,4,6H2,1-3H3. The summed E-state index contributed by atoms with van der Waals surface area (Å²) in [5, 5.41) is 0. The van der Waals surface area contributed by atoms with Crippen molar-refractivity contribution in [2.24, 2.45) is 0 Å². The summed E-state index contributed by atoms with van der Waals surface area (Å²) < 4.78 is 5.37. The molecule has 0 saturated carbocycles. The van der Waals surface area contributed by atoms with Gasteiger partial charge in [-0.2, -0.15) is 0 Å². The quantitative estimate of drug-likeness (QED) is 0.816. The highest BCUT2D eigenvalue weighted by Crippen LogP contribution is 2.25. The molecule has 1 aromatic heterocycles. The van der Waals surface area contributed by atoms with Gasteiger partial charge in [-0.3, -0.25) is 0 Å². The van der Waals surface area contributed by atoms with Crippen molar-refractivity contribution in [2.45, 2.75) is 32.8 Å². The molecule has 2 aromatic rings. The van der Waals surface area contributed by atoms with Gasteiger partial charge in [-0.1, -0.05) is 31.5 Å². The summed E-state index contributed by atoms with van der Waals surface area (Å²) in [6.45, 7) is 4.21. The van der Waals surface area contributed by atoms with Crippen LogP contribution in [0.4, 0.5) is 0 Å². The first kappa shape index (κ1) is 13.7. The van der Waals surface area contributed by atoms with Gasteiger partial charge in [0.15, 0.2) is 0 Å². The Balaban J connectivity index is 2.41. The molecule has 1 heterocycles. The number of aromatic nitrogens is 2. The molecule has 2 rings (SSSR count). The molecule has 1 unspecified atom stereocenters. The third-order valence-corrected chi connectivity index (χ3v) is 3.29. The Labute approximate surface area is 114 Å². The average molecular weight is 256 g/mol. The van der Waals surface area contributed by atoms with Gasteiger partial charge in [-0.05, 0) is 30.5 Å². The average Bonchev–Trinajstić information content (AvgIpc) is 2.47. The lowest BCUT2D eigenvalue weighted by molar-refractivity contribution is 0.119. The van der Waals surface area contributed by atoms with Gasteiger partial charge in [-0.25, -0.2) is 9.97 Å². The van der Waals surface area contributed by atoms with E-state index in [4.69, 9.17) is 4.74 Å². The highest BCUT2D eigenvalue weighted by atomic mass is 16.5. The summed E-state index contributed by atoms with van der Waals surface area (Å²) in [7, 11) is 1.73. The van der Waals surface area contributed by atoms with Crippen molar-refractivity contribution in [3.05, 3.63) is 47.9 Å². The lowest BCUT2D eigenvalue weighted by Gasteiger charge is -2.12. The smallest absolute Gasteiger partial charge is 0.116 e. The predicted octanol–water partition coefficient (Wildman–Crippen LogP) is 3.80. The highest BCUT2D eigenvalue weighted by Gasteiger charge is 2.09. The van der Waals surface area contributed by atoms with Crippen LogP contribution in [-0.2, 0) is 11.2 Å². The Kier molecular flexibility index (Phi) is 4.63. The van der Waals surface area contributed by atoms with Crippen molar-refractivity contribution in [3.63, 3.8) is 0 Å². The fourth-order valence-corrected chi connectivity index (χ4v) is 2.15. The Morgan fingerprint density at radius 2 is 2.16 bits per heavy atom. The fourth-order valence-electron chi connectivity index (χ4n) is 2.15. The van der Waals surface area contributed by atoms with Crippen molar-refractivity contribution >= 4 is 0 Å². The van der Waals surface area contributed by atoms with E-state index in [0.29, 0.717) is 0 Å². The van der Waals surface area contributed by atoms with Crippen LogP contribution in [0.2, 0.25) is 0 Å². The van der Waals surface area contributed by atoms with Gasteiger partial charge >= 0.3 is 0 Å². The van der Waals surface area contributed by atoms with Gasteiger partial charge in [0.25, 0.3) is 0 Å². The molecule has 3 heteroatoms. The first-order chi connectivity index (χ1) is 9.26. The molecule has 0 aliphatic heterocycles. The maximum Gasteiger partial charge on any atom is 0.116 e. The molecular weight excluding hydrogens is 236 g/mol. The van der Waals surface area contributed by atoms with Crippen molar-refractivity contribution in [3.8, 4) is 11.3 Å². The summed E-state index contributed by atoms with van der Waals surface area (Å²) in [6, 6.07) is 8.37. The van der Waals surface area contributed by atoms with E-state index in [1.165, 1.54) is 11.1 Å². The highest BCUT2D eigenvalue weighted by molar-refractivity contribution is 5.63. The monoisotopic (exact) mass is 256 g/mol. The first-order valence-electron chi connectivity index (χ1n) is 6.68. The second kappa shape index (κ2) is 6.43. The molecule has 0 aliphatic carbocycles. The third kappa shape index (κ3) is 3.18. The molecule has 0 saturated heterocycles. The minimum Gasteiger partial charge on any atom is -0.377 e. The van der Waals surface area contributed by atoms with Gasteiger partial charge in [0.2, 0.25) is 0 Å². The SMILES string of the molecule is CCCc1cncnc1-c1cccc(C(C)OC)c1. The molecule has 3 nitrogen and oxygen atoms in total. The fraction of sp³-hybridized carbons (Fsp3) is 0.375. The van der Waals surface area contributed by atoms with Crippen molar-refractivity contribution in [2.75, 3.05) is 7.11 Å². The van der Waals surface area contributed by atoms with Gasteiger partial charge in [0.05, 0.1) is 11.8 Å². The zero-order valence-electron chi connectivity index (χ0n) is 11.8. The Bertz CT molecular complexity index is 540. The van der Waals surface area contributed by atoms with E-state index in [9.17, 15) is 0 Å². The molecule has 0 N–H and O–H groups in total. The number of hydrogen-bond acceptors (Lipinski definition) is 3. The zero-order valence-corrected chi connectivity index (χ0v) is 11.8. The van der Waals surface area contributed by atoms with E-state index in [2.05, 4.69) is 41.2 Å². The van der Waals surface area contributed by atoms with Crippen LogP contribution >= 0.6 is 0 Å². The third-order valence-electron chi connectivity index (χ3n) is 3.29. The van der Waals surface area contributed by atoms with Crippen LogP contribution in [0.5, 0.6) is 0 Å². The van der Waals surface area contributed by atoms with Crippen molar-refractivity contribution in [1.29, 1.82) is 0 Å². The number of benzene rings is 1. The second-order valence-corrected chi connectivity index (χ2v) is 4.65. The summed E-state index contributed by atoms with van der Waals surface area (Å²) in [5.74, 6) is 0. The minimum atomic E-state index is 0.0939. The summed E-state index contributed by atoms with van der Waals surface area (Å²) >= 11 is 0. The maximum absolute atomic E-state index is 5.37. The molecule has 19 heavy (non-hydrogen) atoms. The van der Waals surface area contributed by atoms with E-state index < -0.39 is 0 Å².